The average molecular weight is 129 g/mol. The molecule has 1 rings (SSSR count). The molecule has 0 amide bonds. The van der Waals surface area contributed by atoms with E-state index in [0.29, 0.717) is 0 Å². The molecule has 1 fully saturated rings. The van der Waals surface area contributed by atoms with Gasteiger partial charge in [-0.1, -0.05) is 6.92 Å². The van der Waals surface area contributed by atoms with Crippen molar-refractivity contribution in [1.29, 1.82) is 0 Å². The van der Waals surface area contributed by atoms with E-state index in [4.69, 9.17) is 4.79 Å². The van der Waals surface area contributed by atoms with Crippen molar-refractivity contribution in [2.45, 2.75) is 20.3 Å². The van der Waals surface area contributed by atoms with E-state index in [1.54, 1.807) is 0 Å². The summed E-state index contributed by atoms with van der Waals surface area (Å²) in [4.78, 5) is 8.81. The second kappa shape index (κ2) is 5.76. The lowest BCUT2D eigenvalue weighted by Gasteiger charge is -1.90. The van der Waals surface area contributed by atoms with Gasteiger partial charge in [-0.3, -0.25) is 0 Å². The minimum atomic E-state index is 0.750. The highest BCUT2D eigenvalue weighted by atomic mass is 16.1. The molecule has 0 bridgehead atoms. The highest BCUT2D eigenvalue weighted by Crippen LogP contribution is 2.03. The van der Waals surface area contributed by atoms with Crippen LogP contribution in [0.4, 0.5) is 0 Å². The first-order valence-corrected chi connectivity index (χ1v) is 3.41. The summed E-state index contributed by atoms with van der Waals surface area (Å²) in [5, 5.41) is 3.27. The number of nitrogens with one attached hydrogen (secondary N) is 1. The molecule has 0 spiro atoms. The van der Waals surface area contributed by atoms with Gasteiger partial charge in [0.15, 0.2) is 0 Å². The Morgan fingerprint density at radius 2 is 2.22 bits per heavy atom. The normalized spacial score (nSPS) is 24.4. The van der Waals surface area contributed by atoms with Gasteiger partial charge >= 0.3 is 0 Å². The summed E-state index contributed by atoms with van der Waals surface area (Å²) in [6, 6.07) is 0. The van der Waals surface area contributed by atoms with Crippen molar-refractivity contribution < 1.29 is 4.79 Å². The third-order valence-electron chi connectivity index (χ3n) is 1.31. The van der Waals surface area contributed by atoms with Gasteiger partial charge in [0.1, 0.15) is 6.29 Å². The predicted octanol–water partition coefficient (Wildman–Crippen LogP) is 0.821. The number of hydrogen-bond donors (Lipinski definition) is 1. The number of hydrogen-bond acceptors (Lipinski definition) is 2. The lowest BCUT2D eigenvalue weighted by molar-refractivity contribution is -0.106. The van der Waals surface area contributed by atoms with Crippen LogP contribution in [0.15, 0.2) is 0 Å². The Bertz CT molecular complexity index is 67.3. The van der Waals surface area contributed by atoms with Gasteiger partial charge in [0.05, 0.1) is 0 Å². The third-order valence-corrected chi connectivity index (χ3v) is 1.31. The molecular weight excluding hydrogens is 114 g/mol. The molecule has 0 saturated carbocycles. The van der Waals surface area contributed by atoms with E-state index in [2.05, 4.69) is 12.2 Å². The van der Waals surface area contributed by atoms with Crippen LogP contribution in [0.3, 0.4) is 0 Å². The highest BCUT2D eigenvalue weighted by molar-refractivity contribution is 5.44. The zero-order valence-corrected chi connectivity index (χ0v) is 6.18. The zero-order valence-electron chi connectivity index (χ0n) is 6.18. The summed E-state index contributed by atoms with van der Waals surface area (Å²) in [7, 11) is 0. The van der Waals surface area contributed by atoms with E-state index in [9.17, 15) is 0 Å². The second-order valence-electron chi connectivity index (χ2n) is 2.33. The summed E-state index contributed by atoms with van der Waals surface area (Å²) in [5.74, 6) is 0.935. The Labute approximate surface area is 56.6 Å². The molecule has 9 heavy (non-hydrogen) atoms. The molecule has 1 unspecified atom stereocenters. The highest BCUT2D eigenvalue weighted by Gasteiger charge is 2.06. The zero-order chi connectivity index (χ0) is 7.11. The van der Waals surface area contributed by atoms with Crippen molar-refractivity contribution in [2.24, 2.45) is 5.92 Å². The molecule has 0 aromatic carbocycles. The molecular formula is C7H15NO. The Balaban J connectivity index is 0.000000187. The molecule has 0 aromatic rings. The van der Waals surface area contributed by atoms with Gasteiger partial charge in [-0.15, -0.1) is 0 Å². The van der Waals surface area contributed by atoms with Crippen LogP contribution >= 0.6 is 0 Å². The Kier molecular flexibility index (Phi) is 5.52. The van der Waals surface area contributed by atoms with E-state index < -0.39 is 0 Å². The van der Waals surface area contributed by atoms with Crippen LogP contribution in [0.2, 0.25) is 0 Å². The van der Waals surface area contributed by atoms with E-state index >= 15 is 0 Å². The molecule has 0 radical (unpaired) electrons. The van der Waals surface area contributed by atoms with Crippen LogP contribution in [0.5, 0.6) is 0 Å². The van der Waals surface area contributed by atoms with Gasteiger partial charge in [0, 0.05) is 0 Å². The fourth-order valence-electron chi connectivity index (χ4n) is 0.799. The molecule has 2 nitrogen and oxygen atoms in total. The quantitative estimate of drug-likeness (QED) is 0.491. The summed E-state index contributed by atoms with van der Waals surface area (Å²) in [6.45, 7) is 6.20. The molecule has 1 aliphatic heterocycles. The SMILES string of the molecule is CC1CCNC1.CC=O. The average Bonchev–Trinajstić information content (AvgIpc) is 2.20. The summed E-state index contributed by atoms with van der Waals surface area (Å²) in [5.41, 5.74) is 0. The van der Waals surface area contributed by atoms with Crippen molar-refractivity contribution in [3.8, 4) is 0 Å². The first-order chi connectivity index (χ1) is 4.31. The number of aldehydes is 1. The van der Waals surface area contributed by atoms with Crippen LogP contribution < -0.4 is 5.32 Å². The van der Waals surface area contributed by atoms with Gasteiger partial charge in [0.2, 0.25) is 0 Å². The Morgan fingerprint density at radius 1 is 1.67 bits per heavy atom. The van der Waals surface area contributed by atoms with Crippen molar-refractivity contribution in [1.82, 2.24) is 5.32 Å². The maximum absolute atomic E-state index is 8.81. The first kappa shape index (κ1) is 8.63. The molecule has 1 atom stereocenters. The van der Waals surface area contributed by atoms with E-state index in [1.165, 1.54) is 26.4 Å². The van der Waals surface area contributed by atoms with Gasteiger partial charge in [0.25, 0.3) is 0 Å². The van der Waals surface area contributed by atoms with Crippen LogP contribution in [0, 0.1) is 5.92 Å². The minimum Gasteiger partial charge on any atom is -0.316 e. The Hall–Kier alpha value is -0.370. The van der Waals surface area contributed by atoms with Crippen LogP contribution in [-0.4, -0.2) is 19.4 Å². The fourth-order valence-corrected chi connectivity index (χ4v) is 0.799. The topological polar surface area (TPSA) is 29.1 Å². The smallest absolute Gasteiger partial charge is 0.116 e. The maximum Gasteiger partial charge on any atom is 0.116 e. The number of rotatable bonds is 0. The molecule has 54 valence electrons. The fraction of sp³-hybridized carbons (Fsp3) is 0.857. The first-order valence-electron chi connectivity index (χ1n) is 3.41. The minimum absolute atomic E-state index is 0.750. The lowest BCUT2D eigenvalue weighted by atomic mass is 10.2. The van der Waals surface area contributed by atoms with E-state index in [1.807, 2.05) is 0 Å². The molecule has 2 heteroatoms. The lowest BCUT2D eigenvalue weighted by Crippen LogP contribution is -2.06. The maximum atomic E-state index is 8.81. The van der Waals surface area contributed by atoms with Crippen molar-refractivity contribution in [2.75, 3.05) is 13.1 Å². The summed E-state index contributed by atoms with van der Waals surface area (Å²) in [6.07, 6.45) is 2.12. The monoisotopic (exact) mass is 129 g/mol. The van der Waals surface area contributed by atoms with Crippen molar-refractivity contribution in [3.63, 3.8) is 0 Å². The van der Waals surface area contributed by atoms with Gasteiger partial charge in [-0.25, -0.2) is 0 Å². The molecule has 1 aliphatic rings. The van der Waals surface area contributed by atoms with Crippen LogP contribution in [0.25, 0.3) is 0 Å². The molecule has 1 N–H and O–H groups in total. The molecule has 0 aliphatic carbocycles. The summed E-state index contributed by atoms with van der Waals surface area (Å²) >= 11 is 0. The molecule has 0 aromatic heterocycles. The number of carbonyl (C=O) groups excluding carboxylic acids is 1. The van der Waals surface area contributed by atoms with Gasteiger partial charge < -0.3 is 10.1 Å². The standard InChI is InChI=1S/C5H11N.C2H4O/c1-5-2-3-6-4-5;1-2-3/h5-6H,2-4H2,1H3;2H,1H3. The van der Waals surface area contributed by atoms with Crippen molar-refractivity contribution in [3.05, 3.63) is 0 Å². The summed E-state index contributed by atoms with van der Waals surface area (Å²) < 4.78 is 0. The number of carbonyl (C=O) groups is 1. The van der Waals surface area contributed by atoms with Gasteiger partial charge in [-0.05, 0) is 32.4 Å². The van der Waals surface area contributed by atoms with Crippen molar-refractivity contribution >= 4 is 6.29 Å². The Morgan fingerprint density at radius 3 is 2.33 bits per heavy atom. The largest absolute Gasteiger partial charge is 0.316 e. The van der Waals surface area contributed by atoms with Gasteiger partial charge in [-0.2, -0.15) is 0 Å². The van der Waals surface area contributed by atoms with E-state index in [0.717, 1.165) is 12.2 Å². The van der Waals surface area contributed by atoms with Crippen LogP contribution in [-0.2, 0) is 4.79 Å². The third kappa shape index (κ3) is 5.50. The van der Waals surface area contributed by atoms with E-state index in [-0.39, 0.29) is 0 Å². The van der Waals surface area contributed by atoms with Crippen LogP contribution in [0.1, 0.15) is 20.3 Å². The molecule has 1 saturated heterocycles. The second-order valence-corrected chi connectivity index (χ2v) is 2.33. The predicted molar refractivity (Wildman–Crippen MR) is 38.4 cm³/mol. The molecule has 1 heterocycles.